The number of pyridine rings is 1. The molecule has 5 aromatic rings. The average molecular weight is 1060 g/mol. The number of aliphatic hydroxyl groups is 1. The quantitative estimate of drug-likeness (QED) is 0.0643. The minimum absolute atomic E-state index is 0.0191. The standard InChI is InChI=1S/C53H65FN8O10S2/c1-32(2)38-8-6-7-9-39(38)42-28-61(74(69,70)33(3)4)19-14-45(42)60-30-53(31-60)17-20-59(21-18-53)35-10-11-40(47(22-35)72-36-23-41-43(54)27-56-50(41)55-26-36)51(63)58-73(67,68)37-24-46(62(65)66)49-48(25-37)71-29-44(57-49)34-12-15-52(5,64)16-13-34/h6-11,22-27,32-34,42,44-45,57,64H,12-21,28-31H2,1-5H3,(H,55,56)(H,58,63)/t34-,42-,44-,45-,52-/m1/s1. The fraction of sp³-hybridized carbons (Fsp3) is 0.509. The predicted molar refractivity (Wildman–Crippen MR) is 279 cm³/mol. The van der Waals surface area contributed by atoms with Gasteiger partial charge in [0.15, 0.2) is 11.4 Å². The molecule has 4 aliphatic heterocycles. The highest BCUT2D eigenvalue weighted by molar-refractivity contribution is 7.90. The van der Waals surface area contributed by atoms with E-state index in [0.29, 0.717) is 57.5 Å². The number of sulfonamides is 2. The number of nitrogens with zero attached hydrogens (tertiary/aromatic N) is 5. The van der Waals surface area contributed by atoms with Crippen LogP contribution in [0.25, 0.3) is 11.0 Å². The minimum Gasteiger partial charge on any atom is -0.489 e. The Morgan fingerprint density at radius 3 is 2.42 bits per heavy atom. The van der Waals surface area contributed by atoms with Gasteiger partial charge in [-0.1, -0.05) is 38.1 Å². The molecule has 0 radical (unpaired) electrons. The molecule has 3 atom stereocenters. The molecule has 2 aromatic heterocycles. The Hall–Kier alpha value is -5.87. The van der Waals surface area contributed by atoms with Crippen LogP contribution in [0.4, 0.5) is 21.5 Å². The molecule has 6 heterocycles. The third-order valence-corrected chi connectivity index (χ3v) is 19.9. The molecular formula is C53H65FN8O10S2. The number of carbonyl (C=O) groups excluding carboxylic acids is 1. The maximum Gasteiger partial charge on any atom is 0.297 e. The zero-order chi connectivity index (χ0) is 52.5. The lowest BCUT2D eigenvalue weighted by Crippen LogP contribution is -2.65. The number of fused-ring (bicyclic) bond motifs is 2. The fourth-order valence-electron chi connectivity index (χ4n) is 12.0. The van der Waals surface area contributed by atoms with E-state index in [1.54, 1.807) is 37.2 Å². The molecular weight excluding hydrogens is 992 g/mol. The summed E-state index contributed by atoms with van der Waals surface area (Å²) in [5.41, 5.74) is 2.06. The third kappa shape index (κ3) is 10.0. The van der Waals surface area contributed by atoms with Crippen LogP contribution in [-0.2, 0) is 20.0 Å². The number of aromatic nitrogens is 2. The number of anilines is 2. The summed E-state index contributed by atoms with van der Waals surface area (Å²) < 4.78 is 85.8. The number of hydrogen-bond donors (Lipinski definition) is 4. The van der Waals surface area contributed by atoms with E-state index in [4.69, 9.17) is 9.47 Å². The van der Waals surface area contributed by atoms with Crippen LogP contribution >= 0.6 is 0 Å². The van der Waals surface area contributed by atoms with Crippen LogP contribution in [0.15, 0.2) is 78.0 Å². The Morgan fingerprint density at radius 2 is 1.72 bits per heavy atom. The van der Waals surface area contributed by atoms with Gasteiger partial charge in [0.2, 0.25) is 10.0 Å². The van der Waals surface area contributed by atoms with Crippen molar-refractivity contribution in [2.24, 2.45) is 11.3 Å². The molecule has 74 heavy (non-hydrogen) atoms. The zero-order valence-electron chi connectivity index (χ0n) is 42.3. The van der Waals surface area contributed by atoms with E-state index < -0.39 is 58.1 Å². The average Bonchev–Trinajstić information content (AvgIpc) is 3.74. The van der Waals surface area contributed by atoms with E-state index in [0.717, 1.165) is 50.7 Å². The first-order valence-corrected chi connectivity index (χ1v) is 28.6. The van der Waals surface area contributed by atoms with Crippen LogP contribution in [0.3, 0.4) is 0 Å². The molecule has 1 spiro atoms. The number of H-pyrrole nitrogens is 1. The summed E-state index contributed by atoms with van der Waals surface area (Å²) in [7, 11) is -8.20. The van der Waals surface area contributed by atoms with E-state index in [1.165, 1.54) is 29.5 Å². The summed E-state index contributed by atoms with van der Waals surface area (Å²) in [6, 6.07) is 16.6. The zero-order valence-corrected chi connectivity index (χ0v) is 44.0. The van der Waals surface area contributed by atoms with E-state index in [-0.39, 0.29) is 81.4 Å². The lowest BCUT2D eigenvalue weighted by Gasteiger charge is -2.59. The van der Waals surface area contributed by atoms with Crippen LogP contribution in [0.1, 0.15) is 113 Å². The second kappa shape index (κ2) is 19.7. The first kappa shape index (κ1) is 51.6. The largest absolute Gasteiger partial charge is 0.489 e. The summed E-state index contributed by atoms with van der Waals surface area (Å²) in [6.45, 7) is 13.8. The number of aromatic amines is 1. The summed E-state index contributed by atoms with van der Waals surface area (Å²) >= 11 is 0. The number of likely N-dealkylation sites (tertiary alicyclic amines) is 1. The topological polar surface area (TPSA) is 230 Å². The van der Waals surface area contributed by atoms with Crippen molar-refractivity contribution in [3.05, 3.63) is 106 Å². The molecule has 1 amide bonds. The third-order valence-electron chi connectivity index (χ3n) is 16.4. The van der Waals surface area contributed by atoms with E-state index in [9.17, 15) is 41.2 Å². The Balaban J connectivity index is 0.865. The number of piperidine rings is 2. The van der Waals surface area contributed by atoms with Crippen molar-refractivity contribution < 1.29 is 45.5 Å². The number of rotatable bonds is 13. The number of benzene rings is 3. The number of halogens is 1. The van der Waals surface area contributed by atoms with Gasteiger partial charge in [-0.15, -0.1) is 0 Å². The highest BCUT2D eigenvalue weighted by Crippen LogP contribution is 2.48. The summed E-state index contributed by atoms with van der Waals surface area (Å²) in [5.74, 6) is -1.25. The molecule has 1 saturated carbocycles. The Labute approximate surface area is 431 Å². The molecule has 3 saturated heterocycles. The molecule has 3 aromatic carbocycles. The van der Waals surface area contributed by atoms with Crippen LogP contribution < -0.4 is 24.4 Å². The van der Waals surface area contributed by atoms with Crippen LogP contribution in [0, 0.1) is 27.3 Å². The summed E-state index contributed by atoms with van der Waals surface area (Å²) in [5, 5.41) is 25.7. The van der Waals surface area contributed by atoms with Gasteiger partial charge in [-0.25, -0.2) is 35.2 Å². The van der Waals surface area contributed by atoms with Crippen molar-refractivity contribution in [2.75, 3.05) is 56.1 Å². The van der Waals surface area contributed by atoms with Gasteiger partial charge < -0.3 is 29.8 Å². The number of carbonyl (C=O) groups is 1. The monoisotopic (exact) mass is 1060 g/mol. The Morgan fingerprint density at radius 1 is 0.986 bits per heavy atom. The predicted octanol–water partition coefficient (Wildman–Crippen LogP) is 8.26. The Bertz CT molecular complexity index is 3200. The molecule has 1 aliphatic carbocycles. The van der Waals surface area contributed by atoms with Gasteiger partial charge in [0.25, 0.3) is 21.6 Å². The van der Waals surface area contributed by atoms with Gasteiger partial charge in [0.1, 0.15) is 29.6 Å². The normalized spacial score (nSPS) is 24.5. The maximum atomic E-state index is 14.7. The second-order valence-electron chi connectivity index (χ2n) is 22.0. The van der Waals surface area contributed by atoms with E-state index in [1.807, 2.05) is 0 Å². The van der Waals surface area contributed by atoms with Crippen LogP contribution in [-0.4, -0.2) is 121 Å². The maximum absolute atomic E-state index is 14.7. The number of hydrogen-bond acceptors (Lipinski definition) is 14. The Kier molecular flexibility index (Phi) is 13.7. The van der Waals surface area contributed by atoms with Crippen LogP contribution in [0.2, 0.25) is 0 Å². The molecule has 4 fully saturated rings. The number of nitro groups is 1. The molecule has 0 unspecified atom stereocenters. The SMILES string of the molecule is CC(C)c1ccccc1[C@H]1CN(S(=O)(=O)C(C)C)CC[C@H]1N1CC2(CCN(c3ccc(C(=O)NS(=O)(=O)c4cc5c(c([N+](=O)[O-])c4)N[C@@H]([C@H]4CC[C@](C)(O)CC4)CO5)c(Oc4cnc5[nH]cc(F)c5c4)c3)CC2)C1. The molecule has 4 N–H and O–H groups in total. The van der Waals surface area contributed by atoms with Crippen molar-refractivity contribution in [3.63, 3.8) is 0 Å². The fourth-order valence-corrected chi connectivity index (χ4v) is 14.3. The highest BCUT2D eigenvalue weighted by atomic mass is 32.2. The molecule has 10 rings (SSSR count). The first-order valence-electron chi connectivity index (χ1n) is 25.6. The van der Waals surface area contributed by atoms with E-state index in [2.05, 4.69) is 67.9 Å². The number of amides is 1. The number of nitro benzene ring substituents is 1. The van der Waals surface area contributed by atoms with Crippen molar-refractivity contribution >= 4 is 54.0 Å². The molecule has 5 aliphatic rings. The van der Waals surface area contributed by atoms with Gasteiger partial charge in [0, 0.05) is 81.3 Å². The van der Waals surface area contributed by atoms with Crippen molar-refractivity contribution in [3.8, 4) is 17.2 Å². The highest BCUT2D eigenvalue weighted by Gasteiger charge is 2.51. The molecule has 0 bridgehead atoms. The van der Waals surface area contributed by atoms with Crippen molar-refractivity contribution in [1.29, 1.82) is 0 Å². The lowest BCUT2D eigenvalue weighted by atomic mass is 9.69. The number of ether oxygens (including phenoxy) is 2. The molecule has 21 heteroatoms. The lowest BCUT2D eigenvalue weighted by molar-refractivity contribution is -0.384. The van der Waals surface area contributed by atoms with Crippen molar-refractivity contribution in [2.45, 2.75) is 119 Å². The van der Waals surface area contributed by atoms with Crippen LogP contribution in [0.5, 0.6) is 17.2 Å². The van der Waals surface area contributed by atoms with Gasteiger partial charge in [-0.3, -0.25) is 19.8 Å². The number of nitrogens with one attached hydrogen (secondary N) is 3. The first-order chi connectivity index (χ1) is 35.1. The second-order valence-corrected chi connectivity index (χ2v) is 26.2. The molecule has 396 valence electrons. The van der Waals surface area contributed by atoms with Gasteiger partial charge in [-0.05, 0) is 112 Å². The smallest absolute Gasteiger partial charge is 0.297 e. The van der Waals surface area contributed by atoms with Gasteiger partial charge >= 0.3 is 0 Å². The van der Waals surface area contributed by atoms with Gasteiger partial charge in [0.05, 0.1) is 43.9 Å². The summed E-state index contributed by atoms with van der Waals surface area (Å²) in [4.78, 5) is 37.1. The summed E-state index contributed by atoms with van der Waals surface area (Å²) in [6.07, 6.45) is 7.51. The van der Waals surface area contributed by atoms with Gasteiger partial charge in [-0.2, -0.15) is 0 Å². The minimum atomic E-state index is -4.76. The van der Waals surface area contributed by atoms with Crippen molar-refractivity contribution in [1.82, 2.24) is 23.9 Å². The molecule has 18 nitrogen and oxygen atoms in total. The van der Waals surface area contributed by atoms with E-state index >= 15 is 0 Å².